The van der Waals surface area contributed by atoms with Crippen molar-refractivity contribution in [2.75, 3.05) is 13.2 Å². The molecule has 0 radical (unpaired) electrons. The van der Waals surface area contributed by atoms with Crippen LogP contribution in [0.4, 0.5) is 4.79 Å². The third-order valence-electron chi connectivity index (χ3n) is 5.25. The molecule has 3 N–H and O–H groups in total. The lowest BCUT2D eigenvalue weighted by atomic mass is 10.0. The van der Waals surface area contributed by atoms with Gasteiger partial charge in [0.05, 0.1) is 12.6 Å². The highest BCUT2D eigenvalue weighted by atomic mass is 35.5. The SMILES string of the molecule is O=C(N[C@@H](Cc1ccccc1)[C@@H](O)C(=O)N1CCCCO1)Oc1cc2cc(Cl)ccc2[nH]1. The number of hydrogen-bond acceptors (Lipinski definition) is 5. The number of carbonyl (C=O) groups excluding carboxylic acids is 2. The maximum absolute atomic E-state index is 12.8. The summed E-state index contributed by atoms with van der Waals surface area (Å²) in [7, 11) is 0. The molecule has 1 fully saturated rings. The first-order valence-electron chi connectivity index (χ1n) is 10.4. The summed E-state index contributed by atoms with van der Waals surface area (Å²) >= 11 is 6.00. The molecule has 0 unspecified atom stereocenters. The molecular formula is C23H24ClN3O5. The number of halogens is 1. The van der Waals surface area contributed by atoms with E-state index in [4.69, 9.17) is 21.2 Å². The van der Waals surface area contributed by atoms with E-state index in [2.05, 4.69) is 10.3 Å². The summed E-state index contributed by atoms with van der Waals surface area (Å²) in [6.07, 6.45) is -0.411. The van der Waals surface area contributed by atoms with Gasteiger partial charge in [0, 0.05) is 28.5 Å². The van der Waals surface area contributed by atoms with Crippen molar-refractivity contribution in [3.8, 4) is 5.88 Å². The number of aliphatic hydroxyl groups is 1. The fraction of sp³-hybridized carbons (Fsp3) is 0.304. The monoisotopic (exact) mass is 457 g/mol. The van der Waals surface area contributed by atoms with Crippen molar-refractivity contribution in [2.45, 2.75) is 31.4 Å². The minimum atomic E-state index is -1.50. The normalized spacial score (nSPS) is 15.9. The largest absolute Gasteiger partial charge is 0.414 e. The number of amides is 2. The number of ether oxygens (including phenoxy) is 1. The molecule has 1 saturated heterocycles. The second kappa shape index (κ2) is 10.0. The van der Waals surface area contributed by atoms with Crippen molar-refractivity contribution in [1.29, 1.82) is 0 Å². The fourth-order valence-corrected chi connectivity index (χ4v) is 3.79. The second-order valence-electron chi connectivity index (χ2n) is 7.62. The van der Waals surface area contributed by atoms with Crippen molar-refractivity contribution in [2.24, 2.45) is 0 Å². The maximum atomic E-state index is 12.8. The van der Waals surface area contributed by atoms with Crippen LogP contribution in [0.3, 0.4) is 0 Å². The Morgan fingerprint density at radius 3 is 2.75 bits per heavy atom. The van der Waals surface area contributed by atoms with Crippen LogP contribution in [0, 0.1) is 0 Å². The van der Waals surface area contributed by atoms with Crippen LogP contribution in [0.25, 0.3) is 10.9 Å². The topological polar surface area (TPSA) is 104 Å². The first-order valence-corrected chi connectivity index (χ1v) is 10.8. The Morgan fingerprint density at radius 1 is 1.19 bits per heavy atom. The van der Waals surface area contributed by atoms with Gasteiger partial charge in [0.1, 0.15) is 0 Å². The fourth-order valence-electron chi connectivity index (χ4n) is 3.61. The summed E-state index contributed by atoms with van der Waals surface area (Å²) in [5, 5.41) is 15.9. The van der Waals surface area contributed by atoms with Crippen molar-refractivity contribution in [3.05, 3.63) is 65.2 Å². The number of H-pyrrole nitrogens is 1. The summed E-state index contributed by atoms with van der Waals surface area (Å²) in [4.78, 5) is 33.7. The van der Waals surface area contributed by atoms with E-state index in [1.165, 1.54) is 5.06 Å². The maximum Gasteiger partial charge on any atom is 0.414 e. The van der Waals surface area contributed by atoms with Crippen molar-refractivity contribution < 1.29 is 24.3 Å². The van der Waals surface area contributed by atoms with E-state index in [0.29, 0.717) is 18.2 Å². The Morgan fingerprint density at radius 2 is 2.00 bits per heavy atom. The molecule has 1 aliphatic heterocycles. The van der Waals surface area contributed by atoms with Crippen LogP contribution in [-0.2, 0) is 16.1 Å². The summed E-state index contributed by atoms with van der Waals surface area (Å²) in [6.45, 7) is 0.817. The zero-order valence-corrected chi connectivity index (χ0v) is 18.0. The second-order valence-corrected chi connectivity index (χ2v) is 8.06. The van der Waals surface area contributed by atoms with Crippen LogP contribution in [0.2, 0.25) is 5.02 Å². The Labute approximate surface area is 190 Å². The molecule has 4 rings (SSSR count). The van der Waals surface area contributed by atoms with E-state index < -0.39 is 24.1 Å². The number of fused-ring (bicyclic) bond motifs is 1. The van der Waals surface area contributed by atoms with Crippen LogP contribution >= 0.6 is 11.6 Å². The molecule has 168 valence electrons. The van der Waals surface area contributed by atoms with E-state index in [0.717, 1.165) is 29.3 Å². The van der Waals surface area contributed by atoms with Crippen LogP contribution in [0.5, 0.6) is 5.88 Å². The van der Waals surface area contributed by atoms with Crippen LogP contribution in [0.1, 0.15) is 18.4 Å². The van der Waals surface area contributed by atoms with Gasteiger partial charge >= 0.3 is 6.09 Å². The number of hydroxylamine groups is 2. The average Bonchev–Trinajstić information content (AvgIpc) is 3.20. The first kappa shape index (κ1) is 22.1. The average molecular weight is 458 g/mol. The van der Waals surface area contributed by atoms with Gasteiger partial charge in [-0.15, -0.1) is 0 Å². The lowest BCUT2D eigenvalue weighted by molar-refractivity contribution is -0.205. The third-order valence-corrected chi connectivity index (χ3v) is 5.48. The number of aliphatic hydroxyl groups excluding tert-OH is 1. The molecule has 32 heavy (non-hydrogen) atoms. The number of rotatable bonds is 6. The molecule has 2 heterocycles. The summed E-state index contributed by atoms with van der Waals surface area (Å²) in [6, 6.07) is 15.3. The highest BCUT2D eigenvalue weighted by Gasteiger charge is 2.33. The number of nitrogens with one attached hydrogen (secondary N) is 2. The minimum Gasteiger partial charge on any atom is -0.393 e. The molecule has 2 amide bonds. The predicted octanol–water partition coefficient (Wildman–Crippen LogP) is 3.44. The zero-order valence-electron chi connectivity index (χ0n) is 17.3. The third kappa shape index (κ3) is 5.40. The summed E-state index contributed by atoms with van der Waals surface area (Å²) in [5.41, 5.74) is 1.61. The van der Waals surface area contributed by atoms with Gasteiger partial charge in [-0.3, -0.25) is 9.63 Å². The summed E-state index contributed by atoms with van der Waals surface area (Å²) < 4.78 is 5.37. The summed E-state index contributed by atoms with van der Waals surface area (Å²) in [5.74, 6) is -0.371. The smallest absolute Gasteiger partial charge is 0.393 e. The number of hydrogen-bond donors (Lipinski definition) is 3. The highest BCUT2D eigenvalue weighted by molar-refractivity contribution is 6.31. The van der Waals surface area contributed by atoms with Gasteiger partial charge < -0.3 is 20.1 Å². The van der Waals surface area contributed by atoms with Gasteiger partial charge in [-0.1, -0.05) is 41.9 Å². The van der Waals surface area contributed by atoms with E-state index >= 15 is 0 Å². The standard InChI is InChI=1S/C23H24ClN3O5/c24-17-8-9-18-16(13-17)14-20(25-18)32-23(30)26-19(12-15-6-2-1-3-7-15)21(28)22(29)27-10-4-5-11-31-27/h1-3,6-9,13-14,19,21,25,28H,4-5,10-12H2,(H,26,30)/t19-,21+/m0/s1. The van der Waals surface area contributed by atoms with Gasteiger partial charge in [-0.2, -0.15) is 0 Å². The molecular weight excluding hydrogens is 434 g/mol. The molecule has 1 aliphatic rings. The number of aromatic amines is 1. The molecule has 8 nitrogen and oxygen atoms in total. The molecule has 1 aromatic heterocycles. The molecule has 3 aromatic rings. The Kier molecular flexibility index (Phi) is 6.94. The van der Waals surface area contributed by atoms with Crippen molar-refractivity contribution in [3.63, 3.8) is 0 Å². The van der Waals surface area contributed by atoms with E-state index in [1.54, 1.807) is 24.3 Å². The quantitative estimate of drug-likeness (QED) is 0.526. The Bertz CT molecular complexity index is 1080. The van der Waals surface area contributed by atoms with Crippen LogP contribution in [0.15, 0.2) is 54.6 Å². The molecule has 0 saturated carbocycles. The zero-order chi connectivity index (χ0) is 22.5. The number of nitrogens with zero attached hydrogens (tertiary/aromatic N) is 1. The van der Waals surface area contributed by atoms with Crippen LogP contribution in [-0.4, -0.2) is 52.5 Å². The lowest BCUT2D eigenvalue weighted by Gasteiger charge is -2.30. The number of carbonyl (C=O) groups is 2. The van der Waals surface area contributed by atoms with Gasteiger partial charge in [0.15, 0.2) is 6.10 Å². The van der Waals surface area contributed by atoms with Crippen LogP contribution < -0.4 is 10.1 Å². The first-order chi connectivity index (χ1) is 15.5. The molecule has 2 aromatic carbocycles. The van der Waals surface area contributed by atoms with E-state index in [1.807, 2.05) is 30.3 Å². The van der Waals surface area contributed by atoms with Gasteiger partial charge in [0.2, 0.25) is 5.88 Å². The highest BCUT2D eigenvalue weighted by Crippen LogP contribution is 2.24. The van der Waals surface area contributed by atoms with Crippen molar-refractivity contribution >= 4 is 34.5 Å². The molecule has 0 spiro atoms. The molecule has 0 aliphatic carbocycles. The number of benzene rings is 2. The van der Waals surface area contributed by atoms with Gasteiger partial charge in [-0.05, 0) is 43.0 Å². The van der Waals surface area contributed by atoms with E-state index in [-0.39, 0.29) is 12.3 Å². The van der Waals surface area contributed by atoms with Gasteiger partial charge in [0.25, 0.3) is 5.91 Å². The van der Waals surface area contributed by atoms with E-state index in [9.17, 15) is 14.7 Å². The van der Waals surface area contributed by atoms with Crippen molar-refractivity contribution in [1.82, 2.24) is 15.4 Å². The Balaban J connectivity index is 1.47. The lowest BCUT2D eigenvalue weighted by Crippen LogP contribution is -2.54. The predicted molar refractivity (Wildman–Crippen MR) is 119 cm³/mol. The molecule has 9 heteroatoms. The minimum absolute atomic E-state index is 0.221. The Hall–Kier alpha value is -3.07. The molecule has 0 bridgehead atoms. The molecule has 2 atom stereocenters. The number of aromatic nitrogens is 1. The van der Waals surface area contributed by atoms with Gasteiger partial charge in [-0.25, -0.2) is 9.86 Å².